The predicted octanol–water partition coefficient (Wildman–Crippen LogP) is 2.32. The van der Waals surface area contributed by atoms with E-state index < -0.39 is 21.8 Å². The Morgan fingerprint density at radius 3 is 2.17 bits per heavy atom. The number of furan rings is 1. The van der Waals surface area contributed by atoms with E-state index in [1.807, 2.05) is 20.8 Å². The molecule has 0 bridgehead atoms. The molecule has 0 spiro atoms. The first-order valence-corrected chi connectivity index (χ1v) is 10.6. The number of benzene rings is 1. The van der Waals surface area contributed by atoms with Crippen molar-refractivity contribution in [3.8, 4) is 0 Å². The van der Waals surface area contributed by atoms with Crippen LogP contribution in [0.25, 0.3) is 0 Å². The molecule has 2 rings (SSSR count). The lowest BCUT2D eigenvalue weighted by Crippen LogP contribution is -2.42. The Morgan fingerprint density at radius 1 is 1.03 bits per heavy atom. The standard InChI is InChI=1S/C20H27N3O5S/c1-13-12-17(14(2)28-13)19(25)23-22-18(24)10-11-21-29(26,27)16-8-6-15(7-9-16)20(3,4)5/h6-9,12,21H,10-11H2,1-5H3,(H,22,24)(H,23,25). The highest BCUT2D eigenvalue weighted by Gasteiger charge is 2.18. The SMILES string of the molecule is Cc1cc(C(=O)NNC(=O)CCNS(=O)(=O)c2ccc(C(C)(C)C)cc2)c(C)o1. The summed E-state index contributed by atoms with van der Waals surface area (Å²) in [5.41, 5.74) is 5.80. The Morgan fingerprint density at radius 2 is 1.66 bits per heavy atom. The van der Waals surface area contributed by atoms with Crippen LogP contribution in [0.15, 0.2) is 39.6 Å². The molecule has 1 aromatic carbocycles. The normalized spacial score (nSPS) is 11.9. The van der Waals surface area contributed by atoms with Crippen molar-refractivity contribution in [3.05, 3.63) is 53.0 Å². The number of amides is 2. The van der Waals surface area contributed by atoms with Crippen molar-refractivity contribution in [2.24, 2.45) is 0 Å². The highest BCUT2D eigenvalue weighted by Crippen LogP contribution is 2.23. The first-order valence-electron chi connectivity index (χ1n) is 9.16. The fourth-order valence-corrected chi connectivity index (χ4v) is 3.66. The molecule has 0 unspecified atom stereocenters. The molecule has 2 aromatic rings. The van der Waals surface area contributed by atoms with Crippen molar-refractivity contribution in [1.82, 2.24) is 15.6 Å². The van der Waals surface area contributed by atoms with Crippen LogP contribution in [-0.4, -0.2) is 26.8 Å². The summed E-state index contributed by atoms with van der Waals surface area (Å²) in [6, 6.07) is 8.19. The second-order valence-electron chi connectivity index (χ2n) is 7.75. The molecular formula is C20H27N3O5S. The van der Waals surface area contributed by atoms with Crippen molar-refractivity contribution in [1.29, 1.82) is 0 Å². The van der Waals surface area contributed by atoms with Crippen molar-refractivity contribution >= 4 is 21.8 Å². The van der Waals surface area contributed by atoms with Gasteiger partial charge in [-0.3, -0.25) is 20.4 Å². The summed E-state index contributed by atoms with van der Waals surface area (Å²) < 4.78 is 32.3. The van der Waals surface area contributed by atoms with E-state index in [0.29, 0.717) is 17.1 Å². The number of hydrazine groups is 1. The van der Waals surface area contributed by atoms with Gasteiger partial charge in [-0.25, -0.2) is 13.1 Å². The molecule has 0 fully saturated rings. The van der Waals surface area contributed by atoms with E-state index in [1.165, 1.54) is 0 Å². The predicted molar refractivity (Wildman–Crippen MR) is 109 cm³/mol. The topological polar surface area (TPSA) is 118 Å². The first-order chi connectivity index (χ1) is 13.4. The van der Waals surface area contributed by atoms with E-state index in [1.54, 1.807) is 44.2 Å². The maximum atomic E-state index is 12.3. The van der Waals surface area contributed by atoms with E-state index in [0.717, 1.165) is 5.56 Å². The van der Waals surface area contributed by atoms with E-state index >= 15 is 0 Å². The monoisotopic (exact) mass is 421 g/mol. The number of hydrogen-bond acceptors (Lipinski definition) is 5. The first kappa shape index (κ1) is 22.6. The fourth-order valence-electron chi connectivity index (χ4n) is 2.63. The summed E-state index contributed by atoms with van der Waals surface area (Å²) >= 11 is 0. The van der Waals surface area contributed by atoms with Crippen molar-refractivity contribution in [3.63, 3.8) is 0 Å². The third-order valence-electron chi connectivity index (χ3n) is 4.28. The quantitative estimate of drug-likeness (QED) is 0.619. The van der Waals surface area contributed by atoms with Gasteiger partial charge in [-0.15, -0.1) is 0 Å². The number of carbonyl (C=O) groups excluding carboxylic acids is 2. The number of aryl methyl sites for hydroxylation is 2. The van der Waals surface area contributed by atoms with Crippen LogP contribution in [0.4, 0.5) is 0 Å². The highest BCUT2D eigenvalue weighted by atomic mass is 32.2. The van der Waals surface area contributed by atoms with Crippen molar-refractivity contribution in [2.45, 2.75) is 51.3 Å². The Hall–Kier alpha value is -2.65. The van der Waals surface area contributed by atoms with Crippen LogP contribution in [0.2, 0.25) is 0 Å². The molecule has 2 amide bonds. The Kier molecular flexibility index (Phi) is 6.86. The lowest BCUT2D eigenvalue weighted by molar-refractivity contribution is -0.121. The molecule has 0 atom stereocenters. The van der Waals surface area contributed by atoms with Gasteiger partial charge in [0.15, 0.2) is 0 Å². The number of rotatable bonds is 6. The smallest absolute Gasteiger partial charge is 0.273 e. The van der Waals surface area contributed by atoms with Gasteiger partial charge >= 0.3 is 0 Å². The van der Waals surface area contributed by atoms with Gasteiger partial charge < -0.3 is 4.42 Å². The molecule has 158 valence electrons. The summed E-state index contributed by atoms with van der Waals surface area (Å²) in [5.74, 6) is -0.00220. The van der Waals surface area contributed by atoms with Crippen molar-refractivity contribution in [2.75, 3.05) is 6.54 Å². The molecule has 0 aliphatic carbocycles. The maximum absolute atomic E-state index is 12.3. The molecule has 0 saturated heterocycles. The molecule has 9 heteroatoms. The molecule has 1 heterocycles. The van der Waals surface area contributed by atoms with E-state index in [9.17, 15) is 18.0 Å². The number of carbonyl (C=O) groups is 2. The average Bonchev–Trinajstić information content (AvgIpc) is 2.97. The lowest BCUT2D eigenvalue weighted by atomic mass is 9.87. The van der Waals surface area contributed by atoms with Gasteiger partial charge in [-0.05, 0) is 43.0 Å². The molecule has 0 saturated carbocycles. The third-order valence-corrected chi connectivity index (χ3v) is 5.75. The summed E-state index contributed by atoms with van der Waals surface area (Å²) in [7, 11) is -3.73. The van der Waals surface area contributed by atoms with Crippen molar-refractivity contribution < 1.29 is 22.4 Å². The van der Waals surface area contributed by atoms with Crippen LogP contribution in [0.1, 0.15) is 54.6 Å². The molecule has 0 aliphatic heterocycles. The Bertz CT molecular complexity index is 986. The van der Waals surface area contributed by atoms with Crippen LogP contribution < -0.4 is 15.6 Å². The second kappa shape index (κ2) is 8.79. The van der Waals surface area contributed by atoms with Gasteiger partial charge in [0, 0.05) is 13.0 Å². The lowest BCUT2D eigenvalue weighted by Gasteiger charge is -2.19. The molecule has 0 radical (unpaired) electrons. The number of nitrogens with one attached hydrogen (secondary N) is 3. The highest BCUT2D eigenvalue weighted by molar-refractivity contribution is 7.89. The zero-order chi connectivity index (χ0) is 21.8. The van der Waals surface area contributed by atoms with Gasteiger partial charge in [0.05, 0.1) is 10.5 Å². The van der Waals surface area contributed by atoms with Crippen LogP contribution in [0.3, 0.4) is 0 Å². The zero-order valence-electron chi connectivity index (χ0n) is 17.3. The van der Waals surface area contributed by atoms with Crippen LogP contribution in [0.5, 0.6) is 0 Å². The molecular weight excluding hydrogens is 394 g/mol. The summed E-state index contributed by atoms with van der Waals surface area (Å²) in [4.78, 5) is 24.0. The van der Waals surface area contributed by atoms with E-state index in [-0.39, 0.29) is 23.3 Å². The molecule has 3 N–H and O–H groups in total. The minimum atomic E-state index is -3.73. The van der Waals surface area contributed by atoms with Crippen LogP contribution in [0, 0.1) is 13.8 Å². The number of sulfonamides is 1. The summed E-state index contributed by atoms with van der Waals surface area (Å²) in [6.45, 7) is 9.39. The van der Waals surface area contributed by atoms with E-state index in [4.69, 9.17) is 4.42 Å². The molecule has 8 nitrogen and oxygen atoms in total. The Balaban J connectivity index is 1.83. The average molecular weight is 422 g/mol. The number of hydrogen-bond donors (Lipinski definition) is 3. The van der Waals surface area contributed by atoms with Gasteiger partial charge in [0.25, 0.3) is 5.91 Å². The van der Waals surface area contributed by atoms with Crippen LogP contribution in [-0.2, 0) is 20.2 Å². The maximum Gasteiger partial charge on any atom is 0.273 e. The van der Waals surface area contributed by atoms with E-state index in [2.05, 4.69) is 15.6 Å². The second-order valence-corrected chi connectivity index (χ2v) is 9.52. The molecule has 29 heavy (non-hydrogen) atoms. The van der Waals surface area contributed by atoms with Gasteiger partial charge in [0.2, 0.25) is 15.9 Å². The fraction of sp³-hybridized carbons (Fsp3) is 0.400. The van der Waals surface area contributed by atoms with Gasteiger partial charge in [-0.1, -0.05) is 32.9 Å². The largest absolute Gasteiger partial charge is 0.466 e. The summed E-state index contributed by atoms with van der Waals surface area (Å²) in [6.07, 6.45) is -0.136. The molecule has 1 aromatic heterocycles. The van der Waals surface area contributed by atoms with Gasteiger partial charge in [0.1, 0.15) is 11.5 Å². The van der Waals surface area contributed by atoms with Crippen LogP contribution >= 0.6 is 0 Å². The molecule has 0 aliphatic rings. The zero-order valence-corrected chi connectivity index (χ0v) is 18.1. The third kappa shape index (κ3) is 6.16. The minimum Gasteiger partial charge on any atom is -0.466 e. The summed E-state index contributed by atoms with van der Waals surface area (Å²) in [5, 5.41) is 0. The minimum absolute atomic E-state index is 0.0774. The Labute approximate surface area is 171 Å². The van der Waals surface area contributed by atoms with Gasteiger partial charge in [-0.2, -0.15) is 0 Å².